The van der Waals surface area contributed by atoms with Crippen LogP contribution in [0.3, 0.4) is 0 Å². The number of carbonyl (C=O) groups is 1. The van der Waals surface area contributed by atoms with Crippen LogP contribution in [0.25, 0.3) is 11.3 Å². The molecule has 2 heterocycles. The van der Waals surface area contributed by atoms with Gasteiger partial charge in [-0.3, -0.25) is 9.69 Å². The number of aliphatic hydroxyl groups excluding tert-OH is 1. The van der Waals surface area contributed by atoms with Crippen molar-refractivity contribution in [2.75, 3.05) is 53.6 Å². The van der Waals surface area contributed by atoms with E-state index in [1.54, 1.807) is 30.3 Å². The molecule has 1 atom stereocenters. The Kier molecular flexibility index (Phi) is 10.4. The minimum Gasteiger partial charge on any atom is -0.494 e. The Labute approximate surface area is 243 Å². The summed E-state index contributed by atoms with van der Waals surface area (Å²) < 4.78 is 30.2. The molecule has 0 spiro atoms. The lowest BCUT2D eigenvalue weighted by Crippen LogP contribution is -2.50. The van der Waals surface area contributed by atoms with Crippen LogP contribution in [0.15, 0.2) is 48.5 Å². The quantitative estimate of drug-likeness (QED) is 0.291. The molecule has 1 fully saturated rings. The fourth-order valence-electron chi connectivity index (χ4n) is 4.85. The van der Waals surface area contributed by atoms with Crippen LogP contribution in [0, 0.1) is 5.82 Å². The van der Waals surface area contributed by atoms with Crippen LogP contribution < -0.4 is 19.5 Å². The largest absolute Gasteiger partial charge is 0.494 e. The minimum absolute atomic E-state index is 0.0594. The zero-order valence-corrected chi connectivity index (χ0v) is 23.9. The lowest BCUT2D eigenvalue weighted by molar-refractivity contribution is -0.00781. The summed E-state index contributed by atoms with van der Waals surface area (Å²) in [7, 11) is 2.96. The fourth-order valence-corrected chi connectivity index (χ4v) is 5.03. The second kappa shape index (κ2) is 14.0. The number of aliphatic hydroxyl groups is 2. The molecular formula is C30H35ClFN3O6. The summed E-state index contributed by atoms with van der Waals surface area (Å²) in [4.78, 5) is 20.1. The van der Waals surface area contributed by atoms with Gasteiger partial charge in [-0.2, -0.15) is 0 Å². The van der Waals surface area contributed by atoms with Crippen molar-refractivity contribution in [3.05, 3.63) is 70.6 Å². The van der Waals surface area contributed by atoms with Gasteiger partial charge in [0, 0.05) is 17.7 Å². The molecular weight excluding hydrogens is 553 g/mol. The van der Waals surface area contributed by atoms with Gasteiger partial charge >= 0.3 is 0 Å². The number of ether oxygens (including phenoxy) is 3. The first-order chi connectivity index (χ1) is 19.8. The molecule has 0 aliphatic carbocycles. The second-order valence-corrected chi connectivity index (χ2v) is 10.3. The summed E-state index contributed by atoms with van der Waals surface area (Å²) >= 11 is 6.04. The second-order valence-electron chi connectivity index (χ2n) is 9.87. The van der Waals surface area contributed by atoms with Crippen LogP contribution in [0.4, 0.5) is 4.39 Å². The van der Waals surface area contributed by atoms with Crippen molar-refractivity contribution < 1.29 is 33.6 Å². The molecule has 9 nitrogen and oxygen atoms in total. The van der Waals surface area contributed by atoms with Gasteiger partial charge < -0.3 is 29.7 Å². The predicted molar refractivity (Wildman–Crippen MR) is 153 cm³/mol. The number of rotatable bonds is 12. The Bertz CT molecular complexity index is 1350. The van der Waals surface area contributed by atoms with Crippen LogP contribution in [0.1, 0.15) is 35.3 Å². The van der Waals surface area contributed by atoms with Crippen LogP contribution in [-0.2, 0) is 5.60 Å². The number of methoxy groups -OCH3 is 2. The van der Waals surface area contributed by atoms with Crippen molar-refractivity contribution in [1.82, 2.24) is 15.2 Å². The first-order valence-electron chi connectivity index (χ1n) is 13.4. The maximum absolute atomic E-state index is 13.9. The number of hydrogen-bond donors (Lipinski definition) is 3. The molecule has 1 aromatic heterocycles. The summed E-state index contributed by atoms with van der Waals surface area (Å²) in [5.41, 5.74) is -0.0205. The highest BCUT2D eigenvalue weighted by atomic mass is 35.5. The number of halogens is 2. The number of likely N-dealkylation sites (tertiary alicyclic amines) is 1. The molecule has 1 aliphatic heterocycles. The van der Waals surface area contributed by atoms with Crippen molar-refractivity contribution in [3.63, 3.8) is 0 Å². The normalized spacial score (nSPS) is 15.2. The Morgan fingerprint density at radius 1 is 1.05 bits per heavy atom. The molecule has 1 saturated heterocycles. The van der Waals surface area contributed by atoms with Gasteiger partial charge in [-0.15, -0.1) is 0 Å². The minimum atomic E-state index is -1.56. The molecule has 0 bridgehead atoms. The number of hydrogen-bond acceptors (Lipinski definition) is 8. The van der Waals surface area contributed by atoms with Crippen LogP contribution >= 0.6 is 11.6 Å². The number of β-amino-alcohol motifs (C(OH)–C–C–N with tert-alkyl or cyclic N) is 1. The van der Waals surface area contributed by atoms with Gasteiger partial charge in [0.2, 0.25) is 0 Å². The Morgan fingerprint density at radius 3 is 2.46 bits per heavy atom. The molecule has 0 radical (unpaired) electrons. The van der Waals surface area contributed by atoms with E-state index < -0.39 is 17.3 Å². The topological polar surface area (TPSA) is 113 Å². The smallest absolute Gasteiger partial charge is 0.251 e. The lowest BCUT2D eigenvalue weighted by Gasteiger charge is -2.36. The molecule has 3 aromatic rings. The van der Waals surface area contributed by atoms with Crippen molar-refractivity contribution in [2.45, 2.75) is 24.9 Å². The molecule has 220 valence electrons. The van der Waals surface area contributed by atoms with Gasteiger partial charge in [0.05, 0.1) is 38.1 Å². The fraction of sp³-hybridized carbons (Fsp3) is 0.400. The molecule has 3 N–H and O–H groups in total. The van der Waals surface area contributed by atoms with E-state index in [1.807, 2.05) is 0 Å². The third-order valence-electron chi connectivity index (χ3n) is 7.00. The molecule has 1 unspecified atom stereocenters. The average Bonchev–Trinajstić information content (AvgIpc) is 3.00. The number of carbonyl (C=O) groups excluding carboxylic acids is 1. The molecule has 41 heavy (non-hydrogen) atoms. The number of nitrogens with zero attached hydrogens (tertiary/aromatic N) is 2. The van der Waals surface area contributed by atoms with E-state index >= 15 is 0 Å². The number of amides is 1. The summed E-state index contributed by atoms with van der Waals surface area (Å²) in [6.07, 6.45) is 3.16. The van der Waals surface area contributed by atoms with E-state index in [0.717, 1.165) is 32.4 Å². The van der Waals surface area contributed by atoms with Crippen molar-refractivity contribution in [1.29, 1.82) is 0 Å². The van der Waals surface area contributed by atoms with Crippen LogP contribution in [0.5, 0.6) is 17.2 Å². The highest BCUT2D eigenvalue weighted by Gasteiger charge is 2.35. The third kappa shape index (κ3) is 7.45. The third-order valence-corrected chi connectivity index (χ3v) is 7.29. The van der Waals surface area contributed by atoms with Crippen molar-refractivity contribution in [3.8, 4) is 28.5 Å². The Balaban J connectivity index is 1.64. The van der Waals surface area contributed by atoms with Crippen molar-refractivity contribution >= 4 is 17.5 Å². The lowest BCUT2D eigenvalue weighted by atomic mass is 9.95. The van der Waals surface area contributed by atoms with E-state index in [0.29, 0.717) is 39.8 Å². The van der Waals surface area contributed by atoms with E-state index in [4.69, 9.17) is 35.9 Å². The highest BCUT2D eigenvalue weighted by Crippen LogP contribution is 2.34. The molecule has 1 amide bonds. The van der Waals surface area contributed by atoms with Crippen LogP contribution in [-0.4, -0.2) is 79.6 Å². The maximum Gasteiger partial charge on any atom is 0.251 e. The number of aromatic nitrogens is 1. The first kappa shape index (κ1) is 30.5. The monoisotopic (exact) mass is 587 g/mol. The SMILES string of the molecule is COc1cc(C(=O)NCC(O)(CN2CCCCC2)c2ccc(OC)c(-c3ccc(F)c(Cl)c3)n2)ccc1OCCO. The predicted octanol–water partition coefficient (Wildman–Crippen LogP) is 4.03. The van der Waals surface area contributed by atoms with Gasteiger partial charge in [0.25, 0.3) is 5.91 Å². The van der Waals surface area contributed by atoms with E-state index in [1.165, 1.54) is 32.4 Å². The average molecular weight is 588 g/mol. The van der Waals surface area contributed by atoms with Crippen LogP contribution in [0.2, 0.25) is 5.02 Å². The van der Waals surface area contributed by atoms with Gasteiger partial charge in [-0.25, -0.2) is 9.37 Å². The zero-order valence-electron chi connectivity index (χ0n) is 23.2. The van der Waals surface area contributed by atoms with Gasteiger partial charge in [0.1, 0.15) is 29.5 Å². The van der Waals surface area contributed by atoms with E-state index in [9.17, 15) is 14.3 Å². The summed E-state index contributed by atoms with van der Waals surface area (Å²) in [5.74, 6) is 0.189. The van der Waals surface area contributed by atoms with Gasteiger partial charge in [-0.1, -0.05) is 18.0 Å². The Morgan fingerprint density at radius 2 is 1.78 bits per heavy atom. The van der Waals surface area contributed by atoms with E-state index in [-0.39, 0.29) is 31.3 Å². The van der Waals surface area contributed by atoms with Gasteiger partial charge in [0.15, 0.2) is 11.5 Å². The molecule has 11 heteroatoms. The zero-order chi connectivity index (χ0) is 29.4. The standard InChI is InChI=1S/C30H35ClFN3O6/c1-39-25-10-11-27(34-28(25)20-6-8-23(32)22(31)16-20)30(38,19-35-12-4-3-5-13-35)18-33-29(37)21-7-9-24(41-15-14-36)26(17-21)40-2/h6-11,16-17,36,38H,3-5,12-15,18-19H2,1-2H3,(H,33,37). The Hall–Kier alpha value is -3.44. The number of pyridine rings is 1. The molecule has 1 aliphatic rings. The van der Waals surface area contributed by atoms with Crippen molar-refractivity contribution in [2.24, 2.45) is 0 Å². The summed E-state index contributed by atoms with van der Waals surface area (Å²) in [5, 5.41) is 23.9. The number of piperidine rings is 1. The molecule has 2 aromatic carbocycles. The van der Waals surface area contributed by atoms with Gasteiger partial charge in [-0.05, 0) is 74.5 Å². The molecule has 0 saturated carbocycles. The maximum atomic E-state index is 13.9. The number of nitrogens with one attached hydrogen (secondary N) is 1. The summed E-state index contributed by atoms with van der Waals surface area (Å²) in [6, 6.07) is 12.3. The first-order valence-corrected chi connectivity index (χ1v) is 13.8. The van der Waals surface area contributed by atoms with E-state index in [2.05, 4.69) is 10.2 Å². The summed E-state index contributed by atoms with van der Waals surface area (Å²) in [6.45, 7) is 1.69. The highest BCUT2D eigenvalue weighted by molar-refractivity contribution is 6.31. The number of benzene rings is 2. The molecule has 4 rings (SSSR count).